The summed E-state index contributed by atoms with van der Waals surface area (Å²) in [6.45, 7) is 0.214. The van der Waals surface area contributed by atoms with E-state index >= 15 is 0 Å². The van der Waals surface area contributed by atoms with Crippen molar-refractivity contribution >= 4 is 17.5 Å². The summed E-state index contributed by atoms with van der Waals surface area (Å²) in [7, 11) is 1.47. The van der Waals surface area contributed by atoms with Crippen molar-refractivity contribution in [3.8, 4) is 5.75 Å². The lowest BCUT2D eigenvalue weighted by Crippen LogP contribution is -2.30. The Balaban J connectivity index is 2.26. The number of benzene rings is 1. The summed E-state index contributed by atoms with van der Waals surface area (Å²) in [5, 5.41) is 19.3. The monoisotopic (exact) mass is 271 g/mol. The third kappa shape index (κ3) is 2.43. The molecule has 1 aliphatic heterocycles. The fourth-order valence-electron chi connectivity index (χ4n) is 1.95. The zero-order valence-corrected chi connectivity index (χ0v) is 10.6. The number of likely N-dealkylation sites (tertiary alicyclic amines) is 1. The second-order valence-corrected chi connectivity index (χ2v) is 4.63. The van der Waals surface area contributed by atoms with Gasteiger partial charge >= 0.3 is 0 Å². The molecule has 0 unspecified atom stereocenters. The minimum atomic E-state index is -0.904. The van der Waals surface area contributed by atoms with Gasteiger partial charge in [-0.1, -0.05) is 11.6 Å². The smallest absolute Gasteiger partial charge is 0.257 e. The molecule has 1 aromatic carbocycles. The summed E-state index contributed by atoms with van der Waals surface area (Å²) in [5.74, 6) is 0.102. The van der Waals surface area contributed by atoms with Gasteiger partial charge in [-0.2, -0.15) is 0 Å². The Morgan fingerprint density at radius 1 is 1.39 bits per heavy atom. The molecule has 1 amide bonds. The van der Waals surface area contributed by atoms with E-state index in [1.807, 2.05) is 0 Å². The molecule has 0 saturated carbocycles. The predicted molar refractivity (Wildman–Crippen MR) is 65.9 cm³/mol. The molecule has 1 heterocycles. The van der Waals surface area contributed by atoms with Gasteiger partial charge in [-0.05, 0) is 18.2 Å². The molecule has 1 aliphatic rings. The van der Waals surface area contributed by atoms with E-state index in [4.69, 9.17) is 16.3 Å². The topological polar surface area (TPSA) is 70.0 Å². The summed E-state index contributed by atoms with van der Waals surface area (Å²) in [5.41, 5.74) is 0.325. The highest BCUT2D eigenvalue weighted by Gasteiger charge is 2.33. The van der Waals surface area contributed by atoms with E-state index in [0.29, 0.717) is 16.3 Å². The highest BCUT2D eigenvalue weighted by Crippen LogP contribution is 2.25. The van der Waals surface area contributed by atoms with Gasteiger partial charge in [0.05, 0.1) is 24.9 Å². The van der Waals surface area contributed by atoms with Crippen molar-refractivity contribution in [1.29, 1.82) is 0 Å². The molecule has 98 valence electrons. The second-order valence-electron chi connectivity index (χ2n) is 4.19. The first-order valence-electron chi connectivity index (χ1n) is 5.52. The molecule has 0 radical (unpaired) electrons. The SMILES string of the molecule is COc1ccc(Cl)cc1C(=O)N1C[C@@H](O)[C@@H](O)C1. The minimum absolute atomic E-state index is 0.107. The predicted octanol–water partition coefficient (Wildman–Crippen LogP) is 0.526. The van der Waals surface area contributed by atoms with Crippen LogP contribution in [0.1, 0.15) is 10.4 Å². The summed E-state index contributed by atoms with van der Waals surface area (Å²) >= 11 is 5.86. The van der Waals surface area contributed by atoms with E-state index in [1.54, 1.807) is 12.1 Å². The number of β-amino-alcohol motifs (C(OH)–C–C–N with tert-alkyl or cyclic N) is 2. The van der Waals surface area contributed by atoms with Crippen LogP contribution in [0.25, 0.3) is 0 Å². The van der Waals surface area contributed by atoms with Crippen molar-refractivity contribution in [1.82, 2.24) is 4.90 Å². The molecule has 18 heavy (non-hydrogen) atoms. The molecule has 2 N–H and O–H groups in total. The first-order valence-corrected chi connectivity index (χ1v) is 5.89. The van der Waals surface area contributed by atoms with Crippen LogP contribution in [0.3, 0.4) is 0 Å². The number of carbonyl (C=O) groups excluding carboxylic acids is 1. The van der Waals surface area contributed by atoms with Crippen molar-refractivity contribution in [3.05, 3.63) is 28.8 Å². The minimum Gasteiger partial charge on any atom is -0.496 e. The lowest BCUT2D eigenvalue weighted by Gasteiger charge is -2.17. The van der Waals surface area contributed by atoms with Crippen LogP contribution >= 0.6 is 11.6 Å². The number of amides is 1. The standard InChI is InChI=1S/C12H14ClNO4/c1-18-11-3-2-7(13)4-8(11)12(17)14-5-9(15)10(16)6-14/h2-4,9-10,15-16H,5-6H2,1H3/t9-,10+. The molecule has 1 fully saturated rings. The molecular weight excluding hydrogens is 258 g/mol. The van der Waals surface area contributed by atoms with Crippen LogP contribution in [0.2, 0.25) is 5.02 Å². The summed E-state index contributed by atoms with van der Waals surface area (Å²) in [4.78, 5) is 13.6. The van der Waals surface area contributed by atoms with Crippen molar-refractivity contribution in [2.24, 2.45) is 0 Å². The number of carbonyl (C=O) groups is 1. The number of hydrogen-bond acceptors (Lipinski definition) is 4. The number of methoxy groups -OCH3 is 1. The number of halogens is 1. The van der Waals surface area contributed by atoms with Gasteiger partial charge in [0, 0.05) is 18.1 Å². The number of ether oxygens (including phenoxy) is 1. The molecule has 0 spiro atoms. The second kappa shape index (κ2) is 5.14. The first-order chi connectivity index (χ1) is 8.52. The molecule has 6 heteroatoms. The average Bonchev–Trinajstić information content (AvgIpc) is 2.68. The average molecular weight is 272 g/mol. The van der Waals surface area contributed by atoms with E-state index < -0.39 is 12.2 Å². The van der Waals surface area contributed by atoms with Gasteiger partial charge in [-0.25, -0.2) is 0 Å². The van der Waals surface area contributed by atoms with Crippen LogP contribution in [0.15, 0.2) is 18.2 Å². The molecule has 0 aliphatic carbocycles. The third-order valence-electron chi connectivity index (χ3n) is 2.94. The van der Waals surface area contributed by atoms with Gasteiger partial charge in [-0.3, -0.25) is 4.79 Å². The molecule has 5 nitrogen and oxygen atoms in total. The van der Waals surface area contributed by atoms with Crippen LogP contribution in [0, 0.1) is 0 Å². The lowest BCUT2D eigenvalue weighted by molar-refractivity contribution is 0.0572. The van der Waals surface area contributed by atoms with Gasteiger partial charge in [0.25, 0.3) is 5.91 Å². The number of nitrogens with zero attached hydrogens (tertiary/aromatic N) is 1. The molecule has 1 aromatic rings. The highest BCUT2D eigenvalue weighted by atomic mass is 35.5. The Hall–Kier alpha value is -1.30. The first kappa shape index (κ1) is 13.1. The van der Waals surface area contributed by atoms with Crippen molar-refractivity contribution in [2.75, 3.05) is 20.2 Å². The maximum absolute atomic E-state index is 12.2. The normalized spacial score (nSPS) is 23.2. The maximum atomic E-state index is 12.2. The van der Waals surface area contributed by atoms with Crippen molar-refractivity contribution in [3.63, 3.8) is 0 Å². The van der Waals surface area contributed by atoms with Gasteiger partial charge in [0.1, 0.15) is 5.75 Å². The van der Waals surface area contributed by atoms with Crippen LogP contribution in [0.5, 0.6) is 5.75 Å². The molecular formula is C12H14ClNO4. The number of aliphatic hydroxyl groups excluding tert-OH is 2. The van der Waals surface area contributed by atoms with Gasteiger partial charge in [0.15, 0.2) is 0 Å². The number of hydrogen-bond donors (Lipinski definition) is 2. The number of aliphatic hydroxyl groups is 2. The van der Waals surface area contributed by atoms with Crippen LogP contribution in [-0.4, -0.2) is 53.4 Å². The molecule has 2 atom stereocenters. The molecule has 0 aromatic heterocycles. The third-order valence-corrected chi connectivity index (χ3v) is 3.17. The molecule has 1 saturated heterocycles. The van der Waals surface area contributed by atoms with Crippen LogP contribution in [-0.2, 0) is 0 Å². The maximum Gasteiger partial charge on any atom is 0.257 e. The van der Waals surface area contributed by atoms with Crippen LogP contribution in [0.4, 0.5) is 0 Å². The zero-order chi connectivity index (χ0) is 13.3. The van der Waals surface area contributed by atoms with Crippen molar-refractivity contribution in [2.45, 2.75) is 12.2 Å². The number of rotatable bonds is 2. The van der Waals surface area contributed by atoms with Crippen molar-refractivity contribution < 1.29 is 19.7 Å². The Kier molecular flexibility index (Phi) is 3.75. The largest absolute Gasteiger partial charge is 0.496 e. The van der Waals surface area contributed by atoms with Gasteiger partial charge in [0.2, 0.25) is 0 Å². The lowest BCUT2D eigenvalue weighted by atomic mass is 10.1. The molecule has 0 bridgehead atoms. The fourth-order valence-corrected chi connectivity index (χ4v) is 2.13. The Morgan fingerprint density at radius 3 is 2.56 bits per heavy atom. The molecule has 2 rings (SSSR count). The van der Waals surface area contributed by atoms with E-state index in [-0.39, 0.29) is 19.0 Å². The Bertz CT molecular complexity index is 455. The summed E-state index contributed by atoms with van der Waals surface area (Å²) in [6, 6.07) is 4.75. The van der Waals surface area contributed by atoms with Gasteiger partial charge < -0.3 is 19.8 Å². The summed E-state index contributed by atoms with van der Waals surface area (Å²) < 4.78 is 5.10. The highest BCUT2D eigenvalue weighted by molar-refractivity contribution is 6.31. The quantitative estimate of drug-likeness (QED) is 0.823. The van der Waals surface area contributed by atoms with Crippen LogP contribution < -0.4 is 4.74 Å². The fraction of sp³-hybridized carbons (Fsp3) is 0.417. The zero-order valence-electron chi connectivity index (χ0n) is 9.84. The van der Waals surface area contributed by atoms with E-state index in [2.05, 4.69) is 0 Å². The van der Waals surface area contributed by atoms with E-state index in [1.165, 1.54) is 18.1 Å². The van der Waals surface area contributed by atoms with E-state index in [9.17, 15) is 15.0 Å². The van der Waals surface area contributed by atoms with E-state index in [0.717, 1.165) is 0 Å². The Labute approximate surface area is 110 Å². The Morgan fingerprint density at radius 2 is 2.00 bits per heavy atom. The van der Waals surface area contributed by atoms with Gasteiger partial charge in [-0.15, -0.1) is 0 Å². The summed E-state index contributed by atoms with van der Waals surface area (Å²) in [6.07, 6.45) is -1.81.